The van der Waals surface area contributed by atoms with Crippen LogP contribution in [-0.2, 0) is 0 Å². The molecule has 3 aromatic rings. The van der Waals surface area contributed by atoms with E-state index in [9.17, 15) is 0 Å². The molecule has 2 nitrogen and oxygen atoms in total. The van der Waals surface area contributed by atoms with Crippen molar-refractivity contribution in [3.63, 3.8) is 0 Å². The summed E-state index contributed by atoms with van der Waals surface area (Å²) < 4.78 is 2.18. The van der Waals surface area contributed by atoms with Crippen molar-refractivity contribution in [2.24, 2.45) is 0 Å². The number of hydrogen-bond donors (Lipinski definition) is 0. The van der Waals surface area contributed by atoms with Crippen LogP contribution in [-0.4, -0.2) is 9.38 Å². The van der Waals surface area contributed by atoms with Gasteiger partial charge in [-0.1, -0.05) is 17.2 Å². The standard InChI is InChI=1S/C17H18N2/c1-11-5-6-19-16(10-11)18-14(4)17(19)15-8-12(2)7-13(3)9-15/h5-10H,1-4H3. The van der Waals surface area contributed by atoms with Gasteiger partial charge >= 0.3 is 0 Å². The van der Waals surface area contributed by atoms with E-state index in [0.29, 0.717) is 0 Å². The first kappa shape index (κ1) is 12.0. The van der Waals surface area contributed by atoms with Gasteiger partial charge in [0, 0.05) is 11.8 Å². The summed E-state index contributed by atoms with van der Waals surface area (Å²) in [5, 5.41) is 0. The molecule has 2 heterocycles. The normalized spacial score (nSPS) is 11.2. The third-order valence-electron chi connectivity index (χ3n) is 3.45. The fraction of sp³-hybridized carbons (Fsp3) is 0.235. The van der Waals surface area contributed by atoms with Crippen LogP contribution in [0.1, 0.15) is 22.4 Å². The van der Waals surface area contributed by atoms with E-state index >= 15 is 0 Å². The summed E-state index contributed by atoms with van der Waals surface area (Å²) in [7, 11) is 0. The monoisotopic (exact) mass is 250 g/mol. The number of fused-ring (bicyclic) bond motifs is 1. The third-order valence-corrected chi connectivity index (χ3v) is 3.45. The molecule has 0 bridgehead atoms. The van der Waals surface area contributed by atoms with E-state index in [1.165, 1.54) is 27.9 Å². The van der Waals surface area contributed by atoms with Gasteiger partial charge in [0.15, 0.2) is 0 Å². The molecule has 0 unspecified atom stereocenters. The van der Waals surface area contributed by atoms with Crippen molar-refractivity contribution in [2.45, 2.75) is 27.7 Å². The van der Waals surface area contributed by atoms with Gasteiger partial charge in [-0.2, -0.15) is 0 Å². The third kappa shape index (κ3) is 2.03. The van der Waals surface area contributed by atoms with Crippen molar-refractivity contribution in [3.05, 3.63) is 58.9 Å². The maximum Gasteiger partial charge on any atom is 0.137 e. The fourth-order valence-corrected chi connectivity index (χ4v) is 2.72. The van der Waals surface area contributed by atoms with E-state index in [4.69, 9.17) is 0 Å². The van der Waals surface area contributed by atoms with Crippen LogP contribution < -0.4 is 0 Å². The molecule has 0 saturated heterocycles. The molecule has 0 aliphatic carbocycles. The molecule has 0 fully saturated rings. The van der Waals surface area contributed by atoms with Crippen LogP contribution in [0.2, 0.25) is 0 Å². The van der Waals surface area contributed by atoms with Crippen molar-refractivity contribution in [2.75, 3.05) is 0 Å². The molecule has 2 heteroatoms. The fourth-order valence-electron chi connectivity index (χ4n) is 2.72. The Labute approximate surface area is 113 Å². The van der Waals surface area contributed by atoms with Crippen LogP contribution >= 0.6 is 0 Å². The predicted molar refractivity (Wildman–Crippen MR) is 79.6 cm³/mol. The maximum atomic E-state index is 4.67. The Morgan fingerprint density at radius 2 is 1.53 bits per heavy atom. The molecule has 0 radical (unpaired) electrons. The highest BCUT2D eigenvalue weighted by Gasteiger charge is 2.11. The molecule has 0 atom stereocenters. The van der Waals surface area contributed by atoms with Gasteiger partial charge in [-0.25, -0.2) is 4.98 Å². The summed E-state index contributed by atoms with van der Waals surface area (Å²) in [6, 6.07) is 10.9. The van der Waals surface area contributed by atoms with Crippen LogP contribution in [0.25, 0.3) is 16.9 Å². The van der Waals surface area contributed by atoms with E-state index in [2.05, 4.69) is 73.6 Å². The zero-order valence-electron chi connectivity index (χ0n) is 11.9. The topological polar surface area (TPSA) is 17.3 Å². The molecular formula is C17H18N2. The molecule has 0 amide bonds. The van der Waals surface area contributed by atoms with Crippen LogP contribution in [0, 0.1) is 27.7 Å². The van der Waals surface area contributed by atoms with Gasteiger partial charge in [-0.15, -0.1) is 0 Å². The minimum absolute atomic E-state index is 1.02. The second-order valence-corrected chi connectivity index (χ2v) is 5.35. The number of imidazole rings is 1. The van der Waals surface area contributed by atoms with Gasteiger partial charge in [0.2, 0.25) is 0 Å². The average Bonchev–Trinajstić information content (AvgIpc) is 2.62. The second-order valence-electron chi connectivity index (χ2n) is 5.35. The first-order valence-electron chi connectivity index (χ1n) is 6.58. The first-order chi connectivity index (χ1) is 9.04. The van der Waals surface area contributed by atoms with Gasteiger partial charge in [-0.05, 0) is 57.5 Å². The lowest BCUT2D eigenvalue weighted by Gasteiger charge is -2.07. The average molecular weight is 250 g/mol. The molecule has 1 aromatic carbocycles. The Morgan fingerprint density at radius 1 is 0.842 bits per heavy atom. The Balaban J connectivity index is 2.32. The minimum Gasteiger partial charge on any atom is -0.299 e. The van der Waals surface area contributed by atoms with E-state index in [1.807, 2.05) is 0 Å². The molecule has 19 heavy (non-hydrogen) atoms. The van der Waals surface area contributed by atoms with Gasteiger partial charge in [-0.3, -0.25) is 4.40 Å². The summed E-state index contributed by atoms with van der Waals surface area (Å²) >= 11 is 0. The van der Waals surface area contributed by atoms with Gasteiger partial charge in [0.1, 0.15) is 5.65 Å². The highest BCUT2D eigenvalue weighted by molar-refractivity contribution is 5.68. The molecule has 3 rings (SSSR count). The summed E-state index contributed by atoms with van der Waals surface area (Å²) in [6.45, 7) is 8.45. The Morgan fingerprint density at radius 3 is 2.21 bits per heavy atom. The molecule has 0 aliphatic heterocycles. The Bertz CT molecular complexity index is 746. The van der Waals surface area contributed by atoms with Gasteiger partial charge in [0.05, 0.1) is 11.4 Å². The molecule has 96 valence electrons. The molecule has 2 aromatic heterocycles. The van der Waals surface area contributed by atoms with Crippen LogP contribution in [0.4, 0.5) is 0 Å². The highest BCUT2D eigenvalue weighted by Crippen LogP contribution is 2.27. The molecule has 0 spiro atoms. The summed E-state index contributed by atoms with van der Waals surface area (Å²) in [5.74, 6) is 0. The van der Waals surface area contributed by atoms with Crippen molar-refractivity contribution < 1.29 is 0 Å². The van der Waals surface area contributed by atoms with Crippen molar-refractivity contribution in [3.8, 4) is 11.3 Å². The Kier molecular flexibility index (Phi) is 2.67. The molecule has 0 aliphatic rings. The lowest BCUT2D eigenvalue weighted by molar-refractivity contribution is 1.17. The van der Waals surface area contributed by atoms with Crippen LogP contribution in [0.3, 0.4) is 0 Å². The van der Waals surface area contributed by atoms with E-state index < -0.39 is 0 Å². The predicted octanol–water partition coefficient (Wildman–Crippen LogP) is 4.23. The van der Waals surface area contributed by atoms with Crippen LogP contribution in [0.5, 0.6) is 0 Å². The number of pyridine rings is 1. The highest BCUT2D eigenvalue weighted by atomic mass is 15.0. The zero-order valence-corrected chi connectivity index (χ0v) is 11.9. The number of hydrogen-bond acceptors (Lipinski definition) is 1. The summed E-state index contributed by atoms with van der Waals surface area (Å²) in [5.41, 5.74) is 8.35. The maximum absolute atomic E-state index is 4.67. The van der Waals surface area contributed by atoms with E-state index in [0.717, 1.165) is 11.3 Å². The number of rotatable bonds is 1. The summed E-state index contributed by atoms with van der Waals surface area (Å²) in [4.78, 5) is 4.67. The number of benzene rings is 1. The minimum atomic E-state index is 1.02. The van der Waals surface area contributed by atoms with Crippen molar-refractivity contribution in [1.29, 1.82) is 0 Å². The lowest BCUT2D eigenvalue weighted by atomic mass is 10.0. The van der Waals surface area contributed by atoms with Crippen LogP contribution in [0.15, 0.2) is 36.5 Å². The van der Waals surface area contributed by atoms with E-state index in [1.54, 1.807) is 0 Å². The Hall–Kier alpha value is -2.09. The quantitative estimate of drug-likeness (QED) is 0.631. The largest absolute Gasteiger partial charge is 0.299 e. The zero-order chi connectivity index (χ0) is 13.6. The molecule has 0 N–H and O–H groups in total. The first-order valence-corrected chi connectivity index (χ1v) is 6.58. The smallest absolute Gasteiger partial charge is 0.137 e. The van der Waals surface area contributed by atoms with Gasteiger partial charge in [0.25, 0.3) is 0 Å². The lowest BCUT2D eigenvalue weighted by Crippen LogP contribution is -1.91. The number of nitrogens with zero attached hydrogens (tertiary/aromatic N) is 2. The second kappa shape index (κ2) is 4.23. The number of aromatic nitrogens is 2. The number of aryl methyl sites for hydroxylation is 4. The van der Waals surface area contributed by atoms with Crippen molar-refractivity contribution in [1.82, 2.24) is 9.38 Å². The SMILES string of the molecule is Cc1cc(C)cc(-c2c(C)nc3cc(C)ccn23)c1. The van der Waals surface area contributed by atoms with Gasteiger partial charge < -0.3 is 0 Å². The summed E-state index contributed by atoms with van der Waals surface area (Å²) in [6.07, 6.45) is 2.11. The van der Waals surface area contributed by atoms with Crippen molar-refractivity contribution >= 4 is 5.65 Å². The molecular weight excluding hydrogens is 232 g/mol. The molecule has 0 saturated carbocycles. The van der Waals surface area contributed by atoms with E-state index in [-0.39, 0.29) is 0 Å².